The summed E-state index contributed by atoms with van der Waals surface area (Å²) in [5.41, 5.74) is 0.549. The fraction of sp³-hybridized carbons (Fsp3) is 0.278. The number of amides is 1. The van der Waals surface area contributed by atoms with Gasteiger partial charge in [-0.05, 0) is 43.2 Å². The highest BCUT2D eigenvalue weighted by molar-refractivity contribution is 7.92. The van der Waals surface area contributed by atoms with Gasteiger partial charge in [-0.1, -0.05) is 29.8 Å². The number of para-hydroxylation sites is 1. The molecule has 1 aliphatic rings. The molecule has 26 heavy (non-hydrogen) atoms. The Kier molecular flexibility index (Phi) is 5.80. The Morgan fingerprint density at radius 3 is 2.73 bits per heavy atom. The summed E-state index contributed by atoms with van der Waals surface area (Å²) in [7, 11) is -3.86. The van der Waals surface area contributed by atoms with Crippen molar-refractivity contribution in [2.45, 2.75) is 23.8 Å². The molecule has 0 aliphatic carbocycles. The van der Waals surface area contributed by atoms with Crippen LogP contribution in [0.3, 0.4) is 0 Å². The number of nitrogens with one attached hydrogen (secondary N) is 2. The van der Waals surface area contributed by atoms with Crippen molar-refractivity contribution in [2.24, 2.45) is 0 Å². The molecular weight excluding hydrogens is 376 g/mol. The Balaban J connectivity index is 1.73. The van der Waals surface area contributed by atoms with Crippen LogP contribution in [0.25, 0.3) is 0 Å². The first kappa shape index (κ1) is 18.7. The molecule has 0 radical (unpaired) electrons. The molecule has 1 saturated heterocycles. The standard InChI is InChI=1S/C18H19ClN2O4S/c19-16-8-1-2-9-17(16)21-26(23,24)15-7-3-5-13(11-15)18(22)20-12-14-6-4-10-25-14/h1-3,5,7-9,11,14,21H,4,6,10,12H2,(H,20,22)/t14-/m0/s1. The molecule has 0 aromatic heterocycles. The van der Waals surface area contributed by atoms with E-state index in [9.17, 15) is 13.2 Å². The van der Waals surface area contributed by atoms with Crippen LogP contribution in [0, 0.1) is 0 Å². The lowest BCUT2D eigenvalue weighted by atomic mass is 10.2. The average molecular weight is 395 g/mol. The number of hydrogen-bond donors (Lipinski definition) is 2. The molecule has 0 saturated carbocycles. The zero-order chi connectivity index (χ0) is 18.6. The average Bonchev–Trinajstić information content (AvgIpc) is 3.15. The Hall–Kier alpha value is -2.09. The minimum Gasteiger partial charge on any atom is -0.376 e. The second-order valence-electron chi connectivity index (χ2n) is 5.96. The van der Waals surface area contributed by atoms with E-state index in [1.54, 1.807) is 30.3 Å². The number of carbonyl (C=O) groups excluding carboxylic acids is 1. The monoisotopic (exact) mass is 394 g/mol. The summed E-state index contributed by atoms with van der Waals surface area (Å²) >= 11 is 6.00. The molecule has 8 heteroatoms. The summed E-state index contributed by atoms with van der Waals surface area (Å²) in [4.78, 5) is 12.3. The molecule has 2 aromatic carbocycles. The third-order valence-electron chi connectivity index (χ3n) is 4.04. The van der Waals surface area contributed by atoms with E-state index in [1.165, 1.54) is 18.2 Å². The van der Waals surface area contributed by atoms with Gasteiger partial charge in [-0.25, -0.2) is 8.42 Å². The minimum absolute atomic E-state index is 0.0119. The molecule has 1 amide bonds. The maximum Gasteiger partial charge on any atom is 0.261 e. The van der Waals surface area contributed by atoms with Gasteiger partial charge in [0.1, 0.15) is 0 Å². The van der Waals surface area contributed by atoms with Crippen LogP contribution in [0.2, 0.25) is 5.02 Å². The first-order valence-electron chi connectivity index (χ1n) is 8.23. The molecule has 3 rings (SSSR count). The predicted molar refractivity (Wildman–Crippen MR) is 100 cm³/mol. The van der Waals surface area contributed by atoms with Crippen LogP contribution in [0.15, 0.2) is 53.4 Å². The van der Waals surface area contributed by atoms with E-state index in [0.29, 0.717) is 18.2 Å². The van der Waals surface area contributed by atoms with Crippen LogP contribution in [-0.4, -0.2) is 33.6 Å². The number of carbonyl (C=O) groups is 1. The molecule has 1 aliphatic heterocycles. The van der Waals surface area contributed by atoms with Gasteiger partial charge in [0.2, 0.25) is 0 Å². The van der Waals surface area contributed by atoms with Crippen LogP contribution in [0.4, 0.5) is 5.69 Å². The number of sulfonamides is 1. The molecule has 6 nitrogen and oxygen atoms in total. The van der Waals surface area contributed by atoms with Crippen molar-refractivity contribution < 1.29 is 17.9 Å². The summed E-state index contributed by atoms with van der Waals surface area (Å²) in [6, 6.07) is 12.4. The van der Waals surface area contributed by atoms with Gasteiger partial charge < -0.3 is 10.1 Å². The second-order valence-corrected chi connectivity index (χ2v) is 8.05. The first-order valence-corrected chi connectivity index (χ1v) is 10.1. The van der Waals surface area contributed by atoms with E-state index in [1.807, 2.05) is 0 Å². The van der Waals surface area contributed by atoms with Crippen LogP contribution in [-0.2, 0) is 14.8 Å². The maximum absolute atomic E-state index is 12.6. The van der Waals surface area contributed by atoms with Crippen molar-refractivity contribution in [1.82, 2.24) is 5.32 Å². The van der Waals surface area contributed by atoms with E-state index >= 15 is 0 Å². The van der Waals surface area contributed by atoms with Gasteiger partial charge in [-0.3, -0.25) is 9.52 Å². The fourth-order valence-corrected chi connectivity index (χ4v) is 4.03. The SMILES string of the molecule is O=C(NC[C@@H]1CCCO1)c1cccc(S(=O)(=O)Nc2ccccc2Cl)c1. The zero-order valence-electron chi connectivity index (χ0n) is 13.9. The van der Waals surface area contributed by atoms with Crippen LogP contribution in [0.5, 0.6) is 0 Å². The van der Waals surface area contributed by atoms with Crippen molar-refractivity contribution >= 4 is 33.2 Å². The molecule has 1 heterocycles. The summed E-state index contributed by atoms with van der Waals surface area (Å²) in [5.74, 6) is -0.338. The number of ether oxygens (including phenoxy) is 1. The van der Waals surface area contributed by atoms with Crippen LogP contribution >= 0.6 is 11.6 Å². The molecule has 1 atom stereocenters. The molecule has 0 unspecified atom stereocenters. The summed E-state index contributed by atoms with van der Waals surface area (Å²) < 4.78 is 33.0. The van der Waals surface area contributed by atoms with Gasteiger partial charge in [-0.2, -0.15) is 0 Å². The number of halogens is 1. The van der Waals surface area contributed by atoms with Gasteiger partial charge in [0, 0.05) is 18.7 Å². The smallest absolute Gasteiger partial charge is 0.261 e. The molecule has 2 aromatic rings. The normalized spacial score (nSPS) is 17.0. The van der Waals surface area contributed by atoms with E-state index in [-0.39, 0.29) is 28.2 Å². The third-order valence-corrected chi connectivity index (χ3v) is 5.73. The van der Waals surface area contributed by atoms with E-state index in [4.69, 9.17) is 16.3 Å². The van der Waals surface area contributed by atoms with Crippen molar-refractivity contribution in [3.8, 4) is 0 Å². The van der Waals surface area contributed by atoms with Crippen molar-refractivity contribution in [1.29, 1.82) is 0 Å². The Labute approximate surface area is 157 Å². The van der Waals surface area contributed by atoms with Gasteiger partial charge in [0.15, 0.2) is 0 Å². The lowest BCUT2D eigenvalue weighted by Gasteiger charge is -2.12. The minimum atomic E-state index is -3.86. The highest BCUT2D eigenvalue weighted by Gasteiger charge is 2.19. The summed E-state index contributed by atoms with van der Waals surface area (Å²) in [5, 5.41) is 3.07. The number of anilines is 1. The van der Waals surface area contributed by atoms with Gasteiger partial charge in [0.05, 0.1) is 21.7 Å². The molecule has 138 valence electrons. The Morgan fingerprint density at radius 2 is 2.00 bits per heavy atom. The van der Waals surface area contributed by atoms with E-state index < -0.39 is 10.0 Å². The molecule has 0 spiro atoms. The Morgan fingerprint density at radius 1 is 1.19 bits per heavy atom. The number of benzene rings is 2. The summed E-state index contributed by atoms with van der Waals surface area (Å²) in [6.07, 6.45) is 1.92. The lowest BCUT2D eigenvalue weighted by Crippen LogP contribution is -2.31. The van der Waals surface area contributed by atoms with Crippen molar-refractivity contribution in [2.75, 3.05) is 17.9 Å². The maximum atomic E-state index is 12.6. The van der Waals surface area contributed by atoms with Crippen molar-refractivity contribution in [3.05, 3.63) is 59.1 Å². The number of hydrogen-bond acceptors (Lipinski definition) is 4. The summed E-state index contributed by atoms with van der Waals surface area (Å²) in [6.45, 7) is 1.12. The second kappa shape index (κ2) is 8.07. The number of rotatable bonds is 6. The molecular formula is C18H19ClN2O4S. The predicted octanol–water partition coefficient (Wildman–Crippen LogP) is 3.05. The van der Waals surface area contributed by atoms with Crippen LogP contribution in [0.1, 0.15) is 23.2 Å². The first-order chi connectivity index (χ1) is 12.5. The topological polar surface area (TPSA) is 84.5 Å². The van der Waals surface area contributed by atoms with E-state index in [0.717, 1.165) is 12.8 Å². The lowest BCUT2D eigenvalue weighted by molar-refractivity contribution is 0.0857. The van der Waals surface area contributed by atoms with Crippen LogP contribution < -0.4 is 10.0 Å². The van der Waals surface area contributed by atoms with Gasteiger partial charge in [0.25, 0.3) is 15.9 Å². The third kappa shape index (κ3) is 4.55. The van der Waals surface area contributed by atoms with Crippen molar-refractivity contribution in [3.63, 3.8) is 0 Å². The highest BCUT2D eigenvalue weighted by Crippen LogP contribution is 2.24. The Bertz CT molecular complexity index is 896. The van der Waals surface area contributed by atoms with Gasteiger partial charge in [-0.15, -0.1) is 0 Å². The van der Waals surface area contributed by atoms with E-state index in [2.05, 4.69) is 10.0 Å². The molecule has 0 bridgehead atoms. The fourth-order valence-electron chi connectivity index (χ4n) is 2.67. The quantitative estimate of drug-likeness (QED) is 0.788. The zero-order valence-corrected chi connectivity index (χ0v) is 15.5. The largest absolute Gasteiger partial charge is 0.376 e. The molecule has 1 fully saturated rings. The molecule has 2 N–H and O–H groups in total. The van der Waals surface area contributed by atoms with Gasteiger partial charge >= 0.3 is 0 Å². The highest BCUT2D eigenvalue weighted by atomic mass is 35.5.